The third kappa shape index (κ3) is 5.02. The zero-order chi connectivity index (χ0) is 16.8. The standard InChI is InChI=1S/C19H29N3O/c1-14(2)9-12-22(13-10-15(3)4)19(23)21-18-7-5-6-17-16(18)8-11-20-17/h5-8,11,14-15,20H,9-10,12-13H2,1-4H3,(H,21,23). The second-order valence-corrected chi connectivity index (χ2v) is 7.03. The van der Waals surface area contributed by atoms with Gasteiger partial charge in [0.25, 0.3) is 0 Å². The van der Waals surface area contributed by atoms with Crippen LogP contribution in [0.25, 0.3) is 10.9 Å². The minimum absolute atomic E-state index is 0.000000000000000222. The number of carbonyl (C=O) groups excluding carboxylic acids is 1. The Morgan fingerprint density at radius 3 is 2.35 bits per heavy atom. The van der Waals surface area contributed by atoms with E-state index in [1.165, 1.54) is 0 Å². The molecule has 0 aliphatic rings. The number of nitrogens with one attached hydrogen (secondary N) is 2. The van der Waals surface area contributed by atoms with Gasteiger partial charge in [0.2, 0.25) is 0 Å². The Kier molecular flexibility index (Phi) is 6.08. The van der Waals surface area contributed by atoms with Crippen LogP contribution < -0.4 is 5.32 Å². The predicted octanol–water partition coefficient (Wildman–Crippen LogP) is 5.09. The number of amides is 2. The Hall–Kier alpha value is -1.97. The Balaban J connectivity index is 2.07. The van der Waals surface area contributed by atoms with Crippen molar-refractivity contribution in [1.82, 2.24) is 9.88 Å². The van der Waals surface area contributed by atoms with Crippen LogP contribution in [0.5, 0.6) is 0 Å². The minimum atomic E-state index is 0.000000000000000222. The summed E-state index contributed by atoms with van der Waals surface area (Å²) in [6.45, 7) is 10.4. The molecule has 2 rings (SSSR count). The van der Waals surface area contributed by atoms with E-state index in [2.05, 4.69) is 38.0 Å². The van der Waals surface area contributed by atoms with Crippen molar-refractivity contribution in [3.63, 3.8) is 0 Å². The number of hydrogen-bond donors (Lipinski definition) is 2. The van der Waals surface area contributed by atoms with Crippen LogP contribution in [0.3, 0.4) is 0 Å². The highest BCUT2D eigenvalue weighted by Crippen LogP contribution is 2.22. The van der Waals surface area contributed by atoms with Gasteiger partial charge in [0.15, 0.2) is 0 Å². The molecule has 0 unspecified atom stereocenters. The van der Waals surface area contributed by atoms with Crippen molar-refractivity contribution in [3.8, 4) is 0 Å². The van der Waals surface area contributed by atoms with Crippen LogP contribution in [0.1, 0.15) is 40.5 Å². The molecule has 126 valence electrons. The molecular weight excluding hydrogens is 286 g/mol. The smallest absolute Gasteiger partial charge is 0.321 e. The third-order valence-corrected chi connectivity index (χ3v) is 4.08. The van der Waals surface area contributed by atoms with Gasteiger partial charge in [0.1, 0.15) is 0 Å². The Labute approximate surface area is 139 Å². The summed E-state index contributed by atoms with van der Waals surface area (Å²) < 4.78 is 0. The molecule has 0 atom stereocenters. The summed E-state index contributed by atoms with van der Waals surface area (Å²) in [5.41, 5.74) is 1.91. The highest BCUT2D eigenvalue weighted by Gasteiger charge is 2.15. The van der Waals surface area contributed by atoms with Crippen LogP contribution in [0.15, 0.2) is 30.5 Å². The lowest BCUT2D eigenvalue weighted by molar-refractivity contribution is 0.205. The van der Waals surface area contributed by atoms with Crippen LogP contribution in [0.2, 0.25) is 0 Å². The number of urea groups is 1. The predicted molar refractivity (Wildman–Crippen MR) is 97.8 cm³/mol. The van der Waals surface area contributed by atoms with E-state index >= 15 is 0 Å². The van der Waals surface area contributed by atoms with E-state index in [0.29, 0.717) is 11.8 Å². The van der Waals surface area contributed by atoms with Crippen molar-refractivity contribution in [2.45, 2.75) is 40.5 Å². The van der Waals surface area contributed by atoms with E-state index in [-0.39, 0.29) is 6.03 Å². The summed E-state index contributed by atoms with van der Waals surface area (Å²) in [7, 11) is 0. The first-order valence-electron chi connectivity index (χ1n) is 8.59. The first-order chi connectivity index (χ1) is 11.0. The van der Waals surface area contributed by atoms with Gasteiger partial charge in [0.05, 0.1) is 5.69 Å². The topological polar surface area (TPSA) is 48.1 Å². The maximum atomic E-state index is 12.7. The second-order valence-electron chi connectivity index (χ2n) is 7.03. The van der Waals surface area contributed by atoms with Crippen molar-refractivity contribution in [3.05, 3.63) is 30.5 Å². The lowest BCUT2D eigenvalue weighted by Crippen LogP contribution is -2.37. The molecule has 2 amide bonds. The molecule has 2 aromatic rings. The van der Waals surface area contributed by atoms with Gasteiger partial charge in [-0.2, -0.15) is 0 Å². The van der Waals surface area contributed by atoms with Gasteiger partial charge >= 0.3 is 6.03 Å². The molecule has 0 aliphatic carbocycles. The molecule has 0 saturated heterocycles. The molecule has 0 radical (unpaired) electrons. The Bertz CT molecular complexity index is 618. The summed E-state index contributed by atoms with van der Waals surface area (Å²) in [6, 6.07) is 7.93. The molecule has 0 spiro atoms. The zero-order valence-corrected chi connectivity index (χ0v) is 14.7. The monoisotopic (exact) mass is 315 g/mol. The van der Waals surface area contributed by atoms with Gasteiger partial charge in [-0.3, -0.25) is 0 Å². The molecule has 1 aromatic carbocycles. The molecule has 0 fully saturated rings. The van der Waals surface area contributed by atoms with Crippen molar-refractivity contribution in [1.29, 1.82) is 0 Å². The molecule has 4 heteroatoms. The number of rotatable bonds is 7. The summed E-state index contributed by atoms with van der Waals surface area (Å²) in [6.07, 6.45) is 3.95. The van der Waals surface area contributed by atoms with Gasteiger partial charge in [-0.05, 0) is 42.9 Å². The number of benzene rings is 1. The van der Waals surface area contributed by atoms with Gasteiger partial charge in [-0.15, -0.1) is 0 Å². The van der Waals surface area contributed by atoms with E-state index in [0.717, 1.165) is 42.5 Å². The van der Waals surface area contributed by atoms with Crippen LogP contribution in [-0.4, -0.2) is 29.0 Å². The average molecular weight is 315 g/mol. The quantitative estimate of drug-likeness (QED) is 0.734. The molecule has 2 N–H and O–H groups in total. The van der Waals surface area contributed by atoms with E-state index in [1.54, 1.807) is 0 Å². The number of nitrogens with zero attached hydrogens (tertiary/aromatic N) is 1. The maximum Gasteiger partial charge on any atom is 0.321 e. The molecule has 23 heavy (non-hydrogen) atoms. The van der Waals surface area contributed by atoms with E-state index in [1.807, 2.05) is 35.4 Å². The van der Waals surface area contributed by atoms with Gasteiger partial charge in [-0.1, -0.05) is 33.8 Å². The lowest BCUT2D eigenvalue weighted by Gasteiger charge is -2.25. The lowest BCUT2D eigenvalue weighted by atomic mass is 10.1. The zero-order valence-electron chi connectivity index (χ0n) is 14.7. The first kappa shape index (κ1) is 17.4. The van der Waals surface area contributed by atoms with Crippen LogP contribution in [0, 0.1) is 11.8 Å². The van der Waals surface area contributed by atoms with Crippen LogP contribution in [0.4, 0.5) is 10.5 Å². The Morgan fingerprint density at radius 1 is 1.09 bits per heavy atom. The molecule has 0 saturated carbocycles. The number of aromatic amines is 1. The summed E-state index contributed by atoms with van der Waals surface area (Å²) >= 11 is 0. The molecule has 4 nitrogen and oxygen atoms in total. The van der Waals surface area contributed by atoms with E-state index in [9.17, 15) is 4.79 Å². The molecule has 1 heterocycles. The van der Waals surface area contributed by atoms with E-state index < -0.39 is 0 Å². The number of anilines is 1. The molecule has 0 aliphatic heterocycles. The summed E-state index contributed by atoms with van der Waals surface area (Å²) in [5, 5.41) is 4.14. The normalized spacial score (nSPS) is 11.4. The highest BCUT2D eigenvalue weighted by atomic mass is 16.2. The fourth-order valence-electron chi connectivity index (χ4n) is 2.53. The minimum Gasteiger partial charge on any atom is -0.361 e. The fraction of sp³-hybridized carbons (Fsp3) is 0.526. The number of fused-ring (bicyclic) bond motifs is 1. The maximum absolute atomic E-state index is 12.7. The van der Waals surface area contributed by atoms with Gasteiger partial charge < -0.3 is 15.2 Å². The van der Waals surface area contributed by atoms with Crippen molar-refractivity contribution in [2.75, 3.05) is 18.4 Å². The number of hydrogen-bond acceptors (Lipinski definition) is 1. The summed E-state index contributed by atoms with van der Waals surface area (Å²) in [4.78, 5) is 17.8. The van der Waals surface area contributed by atoms with Gasteiger partial charge in [0, 0.05) is 30.2 Å². The molecule has 0 bridgehead atoms. The van der Waals surface area contributed by atoms with Crippen molar-refractivity contribution >= 4 is 22.6 Å². The largest absolute Gasteiger partial charge is 0.361 e. The van der Waals surface area contributed by atoms with Crippen LogP contribution in [-0.2, 0) is 0 Å². The molecule has 1 aromatic heterocycles. The van der Waals surface area contributed by atoms with Crippen molar-refractivity contribution < 1.29 is 4.79 Å². The number of carbonyl (C=O) groups is 1. The summed E-state index contributed by atoms with van der Waals surface area (Å²) in [5.74, 6) is 1.19. The number of aromatic nitrogens is 1. The highest BCUT2D eigenvalue weighted by molar-refractivity contribution is 6.00. The average Bonchev–Trinajstić information content (AvgIpc) is 2.96. The second kappa shape index (κ2) is 8.04. The Morgan fingerprint density at radius 2 is 1.74 bits per heavy atom. The fourth-order valence-corrected chi connectivity index (χ4v) is 2.53. The van der Waals surface area contributed by atoms with E-state index in [4.69, 9.17) is 0 Å². The molecular formula is C19H29N3O. The van der Waals surface area contributed by atoms with Gasteiger partial charge in [-0.25, -0.2) is 4.79 Å². The first-order valence-corrected chi connectivity index (χ1v) is 8.59. The SMILES string of the molecule is CC(C)CCN(CCC(C)C)C(=O)Nc1cccc2[nH]ccc12. The van der Waals surface area contributed by atoms with Crippen molar-refractivity contribution in [2.24, 2.45) is 11.8 Å². The number of H-pyrrole nitrogens is 1. The third-order valence-electron chi connectivity index (χ3n) is 4.08. The van der Waals surface area contributed by atoms with Crippen LogP contribution >= 0.6 is 0 Å².